The molecular weight excluding hydrogens is 276 g/mol. The number of rotatable bonds is 2. The first-order chi connectivity index (χ1) is 9.61. The maximum atomic E-state index is 9.52. The van der Waals surface area contributed by atoms with Crippen molar-refractivity contribution in [1.29, 1.82) is 0 Å². The minimum absolute atomic E-state index is 0.143. The van der Waals surface area contributed by atoms with Crippen molar-refractivity contribution in [3.8, 4) is 0 Å². The van der Waals surface area contributed by atoms with Crippen molar-refractivity contribution in [2.45, 2.75) is 37.8 Å². The summed E-state index contributed by atoms with van der Waals surface area (Å²) in [6.45, 7) is 0. The lowest BCUT2D eigenvalue weighted by molar-refractivity contribution is 0.126. The van der Waals surface area contributed by atoms with Gasteiger partial charge in [0.2, 0.25) is 5.28 Å². The number of nitrogens with one attached hydrogen (secondary N) is 1. The molecule has 1 fully saturated rings. The van der Waals surface area contributed by atoms with Crippen LogP contribution in [0.1, 0.15) is 25.7 Å². The molecule has 0 unspecified atom stereocenters. The van der Waals surface area contributed by atoms with Gasteiger partial charge in [-0.1, -0.05) is 0 Å². The average molecular weight is 293 g/mol. The fourth-order valence-corrected chi connectivity index (χ4v) is 2.85. The van der Waals surface area contributed by atoms with E-state index >= 15 is 0 Å². The molecule has 0 spiro atoms. The predicted molar refractivity (Wildman–Crippen MR) is 80.8 cm³/mol. The molecule has 1 aliphatic rings. The second-order valence-electron chi connectivity index (χ2n) is 5.26. The molecule has 1 aromatic heterocycles. The normalized spacial score (nSPS) is 22.9. The largest absolute Gasteiger partial charge is 0.393 e. The third-order valence-corrected chi connectivity index (χ3v) is 3.94. The highest BCUT2D eigenvalue weighted by molar-refractivity contribution is 6.28. The van der Waals surface area contributed by atoms with E-state index in [2.05, 4.69) is 15.3 Å². The molecular formula is C14H17ClN4O. The van der Waals surface area contributed by atoms with E-state index in [1.807, 2.05) is 18.2 Å². The minimum atomic E-state index is -0.143. The lowest BCUT2D eigenvalue weighted by atomic mass is 9.93. The Labute approximate surface area is 122 Å². The van der Waals surface area contributed by atoms with Crippen molar-refractivity contribution in [3.63, 3.8) is 0 Å². The average Bonchev–Trinajstić information content (AvgIpc) is 2.41. The molecule has 1 aliphatic carbocycles. The molecule has 0 amide bonds. The van der Waals surface area contributed by atoms with Crippen LogP contribution in [-0.2, 0) is 0 Å². The van der Waals surface area contributed by atoms with Gasteiger partial charge in [-0.3, -0.25) is 0 Å². The molecule has 3 rings (SSSR count). The van der Waals surface area contributed by atoms with Crippen LogP contribution in [0.25, 0.3) is 10.9 Å². The molecule has 0 bridgehead atoms. The molecule has 0 atom stereocenters. The number of fused-ring (bicyclic) bond motifs is 1. The summed E-state index contributed by atoms with van der Waals surface area (Å²) < 4.78 is 0. The Balaban J connectivity index is 1.82. The van der Waals surface area contributed by atoms with Gasteiger partial charge < -0.3 is 16.2 Å². The summed E-state index contributed by atoms with van der Waals surface area (Å²) in [6.07, 6.45) is 3.52. The fraction of sp³-hybridized carbons (Fsp3) is 0.429. The van der Waals surface area contributed by atoms with Gasteiger partial charge in [0.1, 0.15) is 5.82 Å². The van der Waals surface area contributed by atoms with Crippen LogP contribution in [0, 0.1) is 0 Å². The summed E-state index contributed by atoms with van der Waals surface area (Å²) in [4.78, 5) is 8.14. The van der Waals surface area contributed by atoms with Gasteiger partial charge in [-0.25, -0.2) is 9.97 Å². The van der Waals surface area contributed by atoms with E-state index < -0.39 is 0 Å². The number of aliphatic hydroxyl groups excluding tert-OH is 1. The van der Waals surface area contributed by atoms with Gasteiger partial charge in [0.05, 0.1) is 11.6 Å². The van der Waals surface area contributed by atoms with Crippen LogP contribution in [0.2, 0.25) is 5.28 Å². The highest BCUT2D eigenvalue weighted by Crippen LogP contribution is 2.26. The van der Waals surface area contributed by atoms with E-state index in [1.165, 1.54) is 0 Å². The van der Waals surface area contributed by atoms with Gasteiger partial charge in [-0.15, -0.1) is 0 Å². The first kappa shape index (κ1) is 13.4. The molecule has 4 N–H and O–H groups in total. The van der Waals surface area contributed by atoms with Crippen molar-refractivity contribution in [1.82, 2.24) is 9.97 Å². The van der Waals surface area contributed by atoms with Gasteiger partial charge in [-0.05, 0) is 55.5 Å². The molecule has 1 heterocycles. The van der Waals surface area contributed by atoms with E-state index in [0.717, 1.165) is 42.3 Å². The first-order valence-electron chi connectivity index (χ1n) is 6.79. The van der Waals surface area contributed by atoms with Crippen LogP contribution in [0.3, 0.4) is 0 Å². The second-order valence-corrected chi connectivity index (χ2v) is 5.60. The van der Waals surface area contributed by atoms with E-state index in [0.29, 0.717) is 11.9 Å². The molecule has 20 heavy (non-hydrogen) atoms. The molecule has 0 aliphatic heterocycles. The van der Waals surface area contributed by atoms with E-state index in [4.69, 9.17) is 17.3 Å². The molecule has 2 aromatic rings. The van der Waals surface area contributed by atoms with Crippen LogP contribution >= 0.6 is 11.6 Å². The smallest absolute Gasteiger partial charge is 0.224 e. The van der Waals surface area contributed by atoms with Crippen LogP contribution in [0.5, 0.6) is 0 Å². The standard InChI is InChI=1S/C14H17ClN4O/c15-14-18-12-7-9(3-6-11(12)13(16)19-14)17-8-1-4-10(20)5-2-8/h3,6-8,10,17,20H,1-2,4-5H2,(H2,16,18,19). The Bertz CT molecular complexity index is 626. The van der Waals surface area contributed by atoms with Gasteiger partial charge in [0.15, 0.2) is 0 Å². The zero-order chi connectivity index (χ0) is 14.1. The number of anilines is 2. The number of benzene rings is 1. The lowest BCUT2D eigenvalue weighted by Crippen LogP contribution is -2.28. The van der Waals surface area contributed by atoms with Crippen LogP contribution in [-0.4, -0.2) is 27.2 Å². The summed E-state index contributed by atoms with van der Waals surface area (Å²) in [6, 6.07) is 6.21. The van der Waals surface area contributed by atoms with Gasteiger partial charge in [0, 0.05) is 17.1 Å². The summed E-state index contributed by atoms with van der Waals surface area (Å²) >= 11 is 5.83. The summed E-state index contributed by atoms with van der Waals surface area (Å²) in [7, 11) is 0. The van der Waals surface area contributed by atoms with Crippen molar-refractivity contribution < 1.29 is 5.11 Å². The zero-order valence-electron chi connectivity index (χ0n) is 11.0. The Kier molecular flexibility index (Phi) is 3.63. The monoisotopic (exact) mass is 292 g/mol. The number of halogens is 1. The maximum absolute atomic E-state index is 9.52. The topological polar surface area (TPSA) is 84.1 Å². The lowest BCUT2D eigenvalue weighted by Gasteiger charge is -2.27. The number of aromatic nitrogens is 2. The molecule has 0 radical (unpaired) electrons. The summed E-state index contributed by atoms with van der Waals surface area (Å²) in [5.74, 6) is 0.396. The molecule has 106 valence electrons. The third-order valence-electron chi connectivity index (χ3n) is 3.77. The van der Waals surface area contributed by atoms with Crippen molar-refractivity contribution >= 4 is 34.0 Å². The molecule has 5 nitrogen and oxygen atoms in total. The van der Waals surface area contributed by atoms with E-state index in [1.54, 1.807) is 0 Å². The van der Waals surface area contributed by atoms with Crippen LogP contribution < -0.4 is 11.1 Å². The Morgan fingerprint density at radius 2 is 1.95 bits per heavy atom. The third kappa shape index (κ3) is 2.78. The molecule has 1 saturated carbocycles. The fourth-order valence-electron chi connectivity index (χ4n) is 2.67. The SMILES string of the molecule is Nc1nc(Cl)nc2cc(NC3CCC(O)CC3)ccc12. The minimum Gasteiger partial charge on any atom is -0.393 e. The van der Waals surface area contributed by atoms with Gasteiger partial charge >= 0.3 is 0 Å². The number of hydrogen-bond acceptors (Lipinski definition) is 5. The number of aliphatic hydroxyl groups is 1. The van der Waals surface area contributed by atoms with Gasteiger partial charge in [0.25, 0.3) is 0 Å². The quantitative estimate of drug-likeness (QED) is 0.741. The van der Waals surface area contributed by atoms with Crippen molar-refractivity contribution in [2.75, 3.05) is 11.1 Å². The number of nitrogens with two attached hydrogens (primary N) is 1. The molecule has 1 aromatic carbocycles. The number of nitrogens with zero attached hydrogens (tertiary/aromatic N) is 2. The van der Waals surface area contributed by atoms with Crippen molar-refractivity contribution in [3.05, 3.63) is 23.5 Å². The Morgan fingerprint density at radius 3 is 2.70 bits per heavy atom. The Hall–Kier alpha value is -1.59. The number of nitrogen functional groups attached to an aromatic ring is 1. The van der Waals surface area contributed by atoms with Crippen LogP contribution in [0.15, 0.2) is 18.2 Å². The maximum Gasteiger partial charge on any atom is 0.224 e. The molecule has 6 heteroatoms. The number of hydrogen-bond donors (Lipinski definition) is 3. The van der Waals surface area contributed by atoms with Crippen molar-refractivity contribution in [2.24, 2.45) is 0 Å². The van der Waals surface area contributed by atoms with E-state index in [9.17, 15) is 5.11 Å². The summed E-state index contributed by atoms with van der Waals surface area (Å²) in [5, 5.41) is 14.0. The highest BCUT2D eigenvalue weighted by atomic mass is 35.5. The highest BCUT2D eigenvalue weighted by Gasteiger charge is 2.19. The van der Waals surface area contributed by atoms with Gasteiger partial charge in [-0.2, -0.15) is 0 Å². The predicted octanol–water partition coefficient (Wildman–Crippen LogP) is 2.58. The summed E-state index contributed by atoms with van der Waals surface area (Å²) in [5.41, 5.74) is 7.56. The van der Waals surface area contributed by atoms with E-state index in [-0.39, 0.29) is 11.4 Å². The first-order valence-corrected chi connectivity index (χ1v) is 7.17. The van der Waals surface area contributed by atoms with Crippen LogP contribution in [0.4, 0.5) is 11.5 Å². The molecule has 0 saturated heterocycles. The second kappa shape index (κ2) is 5.42. The Morgan fingerprint density at radius 1 is 1.20 bits per heavy atom. The zero-order valence-corrected chi connectivity index (χ0v) is 11.8.